The van der Waals surface area contributed by atoms with E-state index in [0.29, 0.717) is 28.4 Å². The maximum atomic E-state index is 12.2. The molecule has 0 saturated carbocycles. The second-order valence-electron chi connectivity index (χ2n) is 3.87. The smallest absolute Gasteiger partial charge is 0.270 e. The minimum Gasteiger partial charge on any atom is -0.409 e. The van der Waals surface area contributed by atoms with Crippen LogP contribution in [0.2, 0.25) is 0 Å². The molecule has 0 bridgehead atoms. The van der Waals surface area contributed by atoms with Crippen LogP contribution in [0.15, 0.2) is 11.4 Å². The SMILES string of the molecule is CCc1nnsc1C(=O)Nc1c(C(N)=NO)cnn1C. The Balaban J connectivity index is 2.31. The number of anilines is 1. The highest BCUT2D eigenvalue weighted by atomic mass is 32.1. The van der Waals surface area contributed by atoms with Crippen molar-refractivity contribution in [3.8, 4) is 0 Å². The van der Waals surface area contributed by atoms with Crippen molar-refractivity contribution in [1.29, 1.82) is 0 Å². The molecule has 1 amide bonds. The third-order valence-electron chi connectivity index (χ3n) is 2.65. The van der Waals surface area contributed by atoms with Gasteiger partial charge in [0.2, 0.25) is 0 Å². The van der Waals surface area contributed by atoms with Crippen molar-refractivity contribution in [2.75, 3.05) is 5.32 Å². The number of aryl methyl sites for hydroxylation is 2. The maximum absolute atomic E-state index is 12.2. The highest BCUT2D eigenvalue weighted by Crippen LogP contribution is 2.18. The molecular weight excluding hydrogens is 282 g/mol. The van der Waals surface area contributed by atoms with E-state index in [1.807, 2.05) is 6.92 Å². The van der Waals surface area contributed by atoms with Crippen LogP contribution >= 0.6 is 11.5 Å². The zero-order valence-electron chi connectivity index (χ0n) is 10.9. The third-order valence-corrected chi connectivity index (χ3v) is 3.42. The number of nitrogens with one attached hydrogen (secondary N) is 1. The minimum absolute atomic E-state index is 0.133. The first-order chi connectivity index (χ1) is 9.58. The first-order valence-corrected chi connectivity index (χ1v) is 6.48. The Morgan fingerprint density at radius 3 is 3.05 bits per heavy atom. The molecule has 0 unspecified atom stereocenters. The molecule has 0 atom stereocenters. The fraction of sp³-hybridized carbons (Fsp3) is 0.300. The quantitative estimate of drug-likeness (QED) is 0.319. The summed E-state index contributed by atoms with van der Waals surface area (Å²) in [5.41, 5.74) is 6.49. The number of amides is 1. The van der Waals surface area contributed by atoms with Gasteiger partial charge in [-0.05, 0) is 18.0 Å². The number of nitrogens with two attached hydrogens (primary N) is 1. The normalized spacial score (nSPS) is 11.6. The summed E-state index contributed by atoms with van der Waals surface area (Å²) in [7, 11) is 1.63. The molecule has 9 nitrogen and oxygen atoms in total. The molecule has 20 heavy (non-hydrogen) atoms. The van der Waals surface area contributed by atoms with Gasteiger partial charge in [-0.1, -0.05) is 16.6 Å². The highest BCUT2D eigenvalue weighted by Gasteiger charge is 2.20. The zero-order chi connectivity index (χ0) is 14.7. The molecule has 2 heterocycles. The predicted octanol–water partition coefficient (Wildman–Crippen LogP) is 0.181. The molecule has 0 aliphatic carbocycles. The van der Waals surface area contributed by atoms with Gasteiger partial charge >= 0.3 is 0 Å². The largest absolute Gasteiger partial charge is 0.409 e. The van der Waals surface area contributed by atoms with Gasteiger partial charge in [0.05, 0.1) is 17.5 Å². The van der Waals surface area contributed by atoms with Gasteiger partial charge in [-0.25, -0.2) is 0 Å². The number of hydrogen-bond acceptors (Lipinski definition) is 7. The molecular formula is C10H13N7O2S. The first-order valence-electron chi connectivity index (χ1n) is 5.71. The number of oxime groups is 1. The van der Waals surface area contributed by atoms with Gasteiger partial charge in [-0.2, -0.15) is 5.10 Å². The number of aromatic nitrogens is 4. The molecule has 0 aliphatic heterocycles. The van der Waals surface area contributed by atoms with E-state index >= 15 is 0 Å². The van der Waals surface area contributed by atoms with Crippen LogP contribution in [0.5, 0.6) is 0 Å². The lowest BCUT2D eigenvalue weighted by Gasteiger charge is -2.07. The summed E-state index contributed by atoms with van der Waals surface area (Å²) < 4.78 is 5.18. The summed E-state index contributed by atoms with van der Waals surface area (Å²) in [5.74, 6) is -0.153. The van der Waals surface area contributed by atoms with E-state index in [0.717, 1.165) is 11.5 Å². The molecule has 2 aromatic rings. The van der Waals surface area contributed by atoms with Gasteiger partial charge in [0.15, 0.2) is 5.84 Å². The Kier molecular flexibility index (Phi) is 3.94. The third kappa shape index (κ3) is 2.45. The van der Waals surface area contributed by atoms with Crippen LogP contribution in [0.3, 0.4) is 0 Å². The molecule has 0 spiro atoms. The number of carbonyl (C=O) groups excluding carboxylic acids is 1. The highest BCUT2D eigenvalue weighted by molar-refractivity contribution is 7.08. The molecule has 106 valence electrons. The predicted molar refractivity (Wildman–Crippen MR) is 73.0 cm³/mol. The topological polar surface area (TPSA) is 131 Å². The lowest BCUT2D eigenvalue weighted by molar-refractivity contribution is 0.102. The van der Waals surface area contributed by atoms with Crippen LogP contribution in [0.4, 0.5) is 5.82 Å². The van der Waals surface area contributed by atoms with Crippen molar-refractivity contribution in [3.63, 3.8) is 0 Å². The Morgan fingerprint density at radius 2 is 2.40 bits per heavy atom. The number of carbonyl (C=O) groups is 1. The Labute approximate surface area is 118 Å². The zero-order valence-corrected chi connectivity index (χ0v) is 11.7. The van der Waals surface area contributed by atoms with E-state index in [1.165, 1.54) is 10.9 Å². The molecule has 0 saturated heterocycles. The number of amidine groups is 1. The number of hydrogen-bond donors (Lipinski definition) is 3. The van der Waals surface area contributed by atoms with Crippen molar-refractivity contribution < 1.29 is 10.0 Å². The Morgan fingerprint density at radius 1 is 1.65 bits per heavy atom. The molecule has 0 aliphatic rings. The fourth-order valence-electron chi connectivity index (χ4n) is 1.60. The van der Waals surface area contributed by atoms with Crippen LogP contribution in [-0.4, -0.2) is 36.3 Å². The lowest BCUT2D eigenvalue weighted by atomic mass is 10.2. The fourth-order valence-corrected chi connectivity index (χ4v) is 2.25. The molecule has 4 N–H and O–H groups in total. The molecule has 10 heteroatoms. The summed E-state index contributed by atoms with van der Waals surface area (Å²) in [4.78, 5) is 12.6. The monoisotopic (exact) mass is 295 g/mol. The van der Waals surface area contributed by atoms with Gasteiger partial charge in [-0.3, -0.25) is 9.48 Å². The van der Waals surface area contributed by atoms with Gasteiger partial charge in [0, 0.05) is 7.05 Å². The number of nitrogens with zero attached hydrogens (tertiary/aromatic N) is 5. The van der Waals surface area contributed by atoms with E-state index < -0.39 is 0 Å². The molecule has 0 aromatic carbocycles. The van der Waals surface area contributed by atoms with Gasteiger partial charge in [-0.15, -0.1) is 5.10 Å². The van der Waals surface area contributed by atoms with E-state index in [4.69, 9.17) is 10.9 Å². The van der Waals surface area contributed by atoms with Gasteiger partial charge in [0.25, 0.3) is 5.91 Å². The minimum atomic E-state index is -0.354. The van der Waals surface area contributed by atoms with Gasteiger partial charge in [0.1, 0.15) is 10.7 Å². The van der Waals surface area contributed by atoms with E-state index in [1.54, 1.807) is 7.05 Å². The summed E-state index contributed by atoms with van der Waals surface area (Å²) in [6, 6.07) is 0. The van der Waals surface area contributed by atoms with Crippen molar-refractivity contribution in [3.05, 3.63) is 22.3 Å². The van der Waals surface area contributed by atoms with Crippen LogP contribution in [0.1, 0.15) is 27.9 Å². The average Bonchev–Trinajstić information content (AvgIpc) is 3.05. The Hall–Kier alpha value is -2.49. The van der Waals surface area contributed by atoms with Crippen molar-refractivity contribution in [1.82, 2.24) is 19.4 Å². The summed E-state index contributed by atoms with van der Waals surface area (Å²) in [6.07, 6.45) is 2.01. The Bertz CT molecular complexity index is 660. The van der Waals surface area contributed by atoms with Crippen LogP contribution < -0.4 is 11.1 Å². The average molecular weight is 295 g/mol. The standard InChI is InChI=1S/C10H13N7O2S/c1-3-6-7(20-16-14-6)10(18)13-9-5(8(11)15-19)4-12-17(9)2/h4,19H,3H2,1-2H3,(H2,11,15)(H,13,18). The maximum Gasteiger partial charge on any atom is 0.270 e. The van der Waals surface area contributed by atoms with E-state index in [-0.39, 0.29) is 11.7 Å². The van der Waals surface area contributed by atoms with Gasteiger partial charge < -0.3 is 16.3 Å². The van der Waals surface area contributed by atoms with E-state index in [9.17, 15) is 4.79 Å². The molecule has 2 rings (SSSR count). The summed E-state index contributed by atoms with van der Waals surface area (Å²) >= 11 is 1.02. The van der Waals surface area contributed by atoms with Crippen LogP contribution in [0.25, 0.3) is 0 Å². The van der Waals surface area contributed by atoms with Crippen molar-refractivity contribution in [2.24, 2.45) is 17.9 Å². The summed E-state index contributed by atoms with van der Waals surface area (Å²) in [5, 5.41) is 22.1. The number of rotatable bonds is 4. The first kappa shape index (κ1) is 13.9. The second kappa shape index (κ2) is 5.65. The lowest BCUT2D eigenvalue weighted by Crippen LogP contribution is -2.20. The van der Waals surface area contributed by atoms with Crippen molar-refractivity contribution in [2.45, 2.75) is 13.3 Å². The molecule has 0 radical (unpaired) electrons. The van der Waals surface area contributed by atoms with Crippen LogP contribution in [0, 0.1) is 0 Å². The van der Waals surface area contributed by atoms with Crippen molar-refractivity contribution >= 4 is 29.1 Å². The molecule has 2 aromatic heterocycles. The van der Waals surface area contributed by atoms with E-state index in [2.05, 4.69) is 25.2 Å². The summed E-state index contributed by atoms with van der Waals surface area (Å²) in [6.45, 7) is 1.89. The van der Waals surface area contributed by atoms with Crippen LogP contribution in [-0.2, 0) is 13.5 Å². The second-order valence-corrected chi connectivity index (χ2v) is 4.63. The molecule has 0 fully saturated rings.